The summed E-state index contributed by atoms with van der Waals surface area (Å²) in [4.78, 5) is 0. The van der Waals surface area contributed by atoms with Crippen molar-refractivity contribution in [2.24, 2.45) is 0 Å². The van der Waals surface area contributed by atoms with Crippen molar-refractivity contribution < 1.29 is 5.11 Å². The van der Waals surface area contributed by atoms with Crippen molar-refractivity contribution >= 4 is 0 Å². The van der Waals surface area contributed by atoms with Crippen LogP contribution in [0.5, 0.6) is 0 Å². The molecule has 2 N–H and O–H groups in total. The van der Waals surface area contributed by atoms with E-state index in [1.807, 2.05) is 0 Å². The van der Waals surface area contributed by atoms with Gasteiger partial charge >= 0.3 is 0 Å². The van der Waals surface area contributed by atoms with Gasteiger partial charge in [0.2, 0.25) is 0 Å². The van der Waals surface area contributed by atoms with E-state index in [-0.39, 0.29) is 6.10 Å². The summed E-state index contributed by atoms with van der Waals surface area (Å²) in [7, 11) is 0. The van der Waals surface area contributed by atoms with Gasteiger partial charge in [0.25, 0.3) is 0 Å². The average molecular weight is 225 g/mol. The summed E-state index contributed by atoms with van der Waals surface area (Å²) in [5, 5.41) is 13.7. The zero-order valence-electron chi connectivity index (χ0n) is 10.5. The minimum Gasteiger partial charge on any atom is -0.392 e. The van der Waals surface area contributed by atoms with Crippen LogP contribution in [0.25, 0.3) is 0 Å². The molecular weight excluding hydrogens is 198 g/mol. The van der Waals surface area contributed by atoms with Gasteiger partial charge < -0.3 is 10.4 Å². The molecule has 2 heteroatoms. The second-order valence-corrected chi connectivity index (χ2v) is 5.67. The summed E-state index contributed by atoms with van der Waals surface area (Å²) >= 11 is 0. The highest BCUT2D eigenvalue weighted by molar-refractivity contribution is 4.84. The Kier molecular flexibility index (Phi) is 5.11. The SMILES string of the molecule is O[C@H]1CCCC[C@@H]1NC1CCCCCCC1. The largest absolute Gasteiger partial charge is 0.392 e. The van der Waals surface area contributed by atoms with Crippen molar-refractivity contribution in [1.82, 2.24) is 5.32 Å². The number of rotatable bonds is 2. The molecular formula is C14H27NO. The monoisotopic (exact) mass is 225 g/mol. The zero-order chi connectivity index (χ0) is 11.2. The standard InChI is InChI=1S/C14H27NO/c16-14-11-7-6-10-13(14)15-12-8-4-2-1-3-5-9-12/h12-16H,1-11H2/t13-,14-/m0/s1. The third-order valence-electron chi connectivity index (χ3n) is 4.28. The molecule has 0 bridgehead atoms. The van der Waals surface area contributed by atoms with Crippen LogP contribution in [0.4, 0.5) is 0 Å². The summed E-state index contributed by atoms with van der Waals surface area (Å²) in [5.41, 5.74) is 0. The first-order valence-corrected chi connectivity index (χ1v) is 7.30. The average Bonchev–Trinajstić information content (AvgIpc) is 2.24. The van der Waals surface area contributed by atoms with Gasteiger partial charge in [0.05, 0.1) is 6.10 Å². The van der Waals surface area contributed by atoms with Crippen molar-refractivity contribution in [3.63, 3.8) is 0 Å². The Bertz CT molecular complexity index is 187. The van der Waals surface area contributed by atoms with Crippen molar-refractivity contribution in [3.05, 3.63) is 0 Å². The van der Waals surface area contributed by atoms with Gasteiger partial charge in [-0.15, -0.1) is 0 Å². The molecule has 0 aromatic rings. The van der Waals surface area contributed by atoms with Crippen LogP contribution in [0, 0.1) is 0 Å². The van der Waals surface area contributed by atoms with Crippen LogP contribution >= 0.6 is 0 Å². The highest BCUT2D eigenvalue weighted by Crippen LogP contribution is 2.22. The van der Waals surface area contributed by atoms with Crippen LogP contribution in [-0.2, 0) is 0 Å². The maximum absolute atomic E-state index is 9.96. The maximum Gasteiger partial charge on any atom is 0.0693 e. The zero-order valence-corrected chi connectivity index (χ0v) is 10.5. The second-order valence-electron chi connectivity index (χ2n) is 5.67. The van der Waals surface area contributed by atoms with Gasteiger partial charge in [-0.2, -0.15) is 0 Å². The molecule has 0 amide bonds. The predicted molar refractivity (Wildman–Crippen MR) is 67.5 cm³/mol. The van der Waals surface area contributed by atoms with Gasteiger partial charge in [-0.1, -0.05) is 44.9 Å². The Morgan fingerprint density at radius 2 is 1.25 bits per heavy atom. The number of aliphatic hydroxyl groups excluding tert-OH is 1. The lowest BCUT2D eigenvalue weighted by molar-refractivity contribution is 0.0825. The van der Waals surface area contributed by atoms with E-state index in [9.17, 15) is 5.11 Å². The Morgan fingerprint density at radius 1 is 0.688 bits per heavy atom. The van der Waals surface area contributed by atoms with Gasteiger partial charge in [-0.3, -0.25) is 0 Å². The molecule has 2 saturated carbocycles. The molecule has 2 nitrogen and oxygen atoms in total. The molecule has 0 heterocycles. The topological polar surface area (TPSA) is 32.3 Å². The maximum atomic E-state index is 9.96. The number of hydrogen-bond acceptors (Lipinski definition) is 2. The Morgan fingerprint density at radius 3 is 1.94 bits per heavy atom. The minimum absolute atomic E-state index is 0.0841. The van der Waals surface area contributed by atoms with Gasteiger partial charge in [0.15, 0.2) is 0 Å². The smallest absolute Gasteiger partial charge is 0.0693 e. The van der Waals surface area contributed by atoms with Crippen LogP contribution in [0.15, 0.2) is 0 Å². The van der Waals surface area contributed by atoms with E-state index in [1.165, 1.54) is 64.2 Å². The van der Waals surface area contributed by atoms with Crippen LogP contribution in [0.2, 0.25) is 0 Å². The molecule has 2 aliphatic rings. The Hall–Kier alpha value is -0.0800. The van der Waals surface area contributed by atoms with E-state index >= 15 is 0 Å². The highest BCUT2D eigenvalue weighted by Gasteiger charge is 2.25. The molecule has 16 heavy (non-hydrogen) atoms. The predicted octanol–water partition coefficient (Wildman–Crippen LogP) is 2.99. The molecule has 0 aromatic heterocycles. The Labute approximate surface area is 99.8 Å². The van der Waals surface area contributed by atoms with E-state index in [2.05, 4.69) is 5.32 Å². The second kappa shape index (κ2) is 6.61. The van der Waals surface area contributed by atoms with Crippen LogP contribution in [0.1, 0.15) is 70.6 Å². The summed E-state index contributed by atoms with van der Waals surface area (Å²) < 4.78 is 0. The number of aliphatic hydroxyl groups is 1. The molecule has 0 unspecified atom stereocenters. The fourth-order valence-electron chi connectivity index (χ4n) is 3.23. The van der Waals surface area contributed by atoms with E-state index in [4.69, 9.17) is 0 Å². The molecule has 0 aliphatic heterocycles. The number of hydrogen-bond donors (Lipinski definition) is 2. The summed E-state index contributed by atoms with van der Waals surface area (Å²) in [5.74, 6) is 0. The van der Waals surface area contributed by atoms with Crippen LogP contribution < -0.4 is 5.32 Å². The van der Waals surface area contributed by atoms with Gasteiger partial charge in [0, 0.05) is 12.1 Å². The lowest BCUT2D eigenvalue weighted by Gasteiger charge is -2.33. The van der Waals surface area contributed by atoms with E-state index in [0.29, 0.717) is 12.1 Å². The number of nitrogens with one attached hydrogen (secondary N) is 1. The normalized spacial score (nSPS) is 34.3. The molecule has 0 saturated heterocycles. The van der Waals surface area contributed by atoms with Crippen LogP contribution in [0.3, 0.4) is 0 Å². The van der Waals surface area contributed by atoms with E-state index < -0.39 is 0 Å². The molecule has 94 valence electrons. The van der Waals surface area contributed by atoms with Crippen molar-refractivity contribution in [1.29, 1.82) is 0 Å². The van der Waals surface area contributed by atoms with E-state index in [0.717, 1.165) is 6.42 Å². The third-order valence-corrected chi connectivity index (χ3v) is 4.28. The van der Waals surface area contributed by atoms with Gasteiger partial charge in [-0.05, 0) is 25.7 Å². The summed E-state index contributed by atoms with van der Waals surface area (Å²) in [6.07, 6.45) is 14.2. The summed E-state index contributed by atoms with van der Waals surface area (Å²) in [6, 6.07) is 1.07. The lowest BCUT2D eigenvalue weighted by atomic mass is 9.90. The van der Waals surface area contributed by atoms with E-state index in [1.54, 1.807) is 0 Å². The lowest BCUT2D eigenvalue weighted by Crippen LogP contribution is -2.47. The van der Waals surface area contributed by atoms with Crippen LogP contribution in [-0.4, -0.2) is 23.3 Å². The van der Waals surface area contributed by atoms with Crippen molar-refractivity contribution in [2.75, 3.05) is 0 Å². The molecule has 0 aromatic carbocycles. The molecule has 2 atom stereocenters. The Balaban J connectivity index is 1.77. The van der Waals surface area contributed by atoms with Crippen molar-refractivity contribution in [3.8, 4) is 0 Å². The highest BCUT2D eigenvalue weighted by atomic mass is 16.3. The first kappa shape index (κ1) is 12.4. The molecule has 2 rings (SSSR count). The quantitative estimate of drug-likeness (QED) is 0.757. The minimum atomic E-state index is -0.0841. The van der Waals surface area contributed by atoms with Crippen molar-refractivity contribution in [2.45, 2.75) is 88.8 Å². The summed E-state index contributed by atoms with van der Waals surface area (Å²) in [6.45, 7) is 0. The molecule has 2 fully saturated rings. The molecule has 0 radical (unpaired) electrons. The van der Waals surface area contributed by atoms with Gasteiger partial charge in [0.1, 0.15) is 0 Å². The first-order valence-electron chi connectivity index (χ1n) is 7.30. The third kappa shape index (κ3) is 3.74. The molecule has 2 aliphatic carbocycles. The fourth-order valence-corrected chi connectivity index (χ4v) is 3.23. The fraction of sp³-hybridized carbons (Fsp3) is 1.00. The first-order chi connectivity index (χ1) is 7.86. The van der Waals surface area contributed by atoms with Gasteiger partial charge in [-0.25, -0.2) is 0 Å². The molecule has 0 spiro atoms.